The van der Waals surface area contributed by atoms with Crippen molar-refractivity contribution >= 4 is 17.5 Å². The largest absolute Gasteiger partial charge is 0.378 e. The van der Waals surface area contributed by atoms with Gasteiger partial charge in [-0.25, -0.2) is 9.97 Å². The Labute approximate surface area is 133 Å². The summed E-state index contributed by atoms with van der Waals surface area (Å²) in [5.41, 5.74) is 1.37. The van der Waals surface area contributed by atoms with E-state index in [1.807, 2.05) is 11.0 Å². The fourth-order valence-electron chi connectivity index (χ4n) is 2.25. The molecule has 0 bridgehead atoms. The van der Waals surface area contributed by atoms with E-state index in [1.165, 1.54) is 6.07 Å². The second-order valence-corrected chi connectivity index (χ2v) is 5.02. The monoisotopic (exact) mass is 309 g/mol. The molecule has 0 spiro atoms. The third-order valence-electron chi connectivity index (χ3n) is 3.44. The molecule has 3 rings (SSSR count). The maximum Gasteiger partial charge on any atom is 0.255 e. The van der Waals surface area contributed by atoms with E-state index >= 15 is 0 Å². The summed E-state index contributed by atoms with van der Waals surface area (Å²) in [6.45, 7) is 2.84. The molecule has 1 aromatic heterocycles. The van der Waals surface area contributed by atoms with Crippen LogP contribution >= 0.6 is 0 Å². The SMILES string of the molecule is N#Cc1cccc(C(=O)Nc2cnc(N3CCOCC3)nc2)c1. The zero-order valence-electron chi connectivity index (χ0n) is 12.4. The number of anilines is 2. The molecule has 7 nitrogen and oxygen atoms in total. The summed E-state index contributed by atoms with van der Waals surface area (Å²) >= 11 is 0. The van der Waals surface area contributed by atoms with E-state index < -0.39 is 0 Å². The standard InChI is InChI=1S/C16H15N5O2/c17-9-12-2-1-3-13(8-12)15(22)20-14-10-18-16(19-11-14)21-4-6-23-7-5-21/h1-3,8,10-11H,4-7H2,(H,20,22). The zero-order chi connectivity index (χ0) is 16.1. The lowest BCUT2D eigenvalue weighted by Gasteiger charge is -2.26. The van der Waals surface area contributed by atoms with Crippen molar-refractivity contribution in [2.24, 2.45) is 0 Å². The molecule has 116 valence electrons. The Bertz CT molecular complexity index is 733. The lowest BCUT2D eigenvalue weighted by molar-refractivity contribution is 0.102. The van der Waals surface area contributed by atoms with Gasteiger partial charge >= 0.3 is 0 Å². The highest BCUT2D eigenvalue weighted by Crippen LogP contribution is 2.13. The van der Waals surface area contributed by atoms with Gasteiger partial charge in [0.1, 0.15) is 0 Å². The molecule has 7 heteroatoms. The van der Waals surface area contributed by atoms with Gasteiger partial charge in [0.15, 0.2) is 0 Å². The molecule has 1 fully saturated rings. The fourth-order valence-corrected chi connectivity index (χ4v) is 2.25. The van der Waals surface area contributed by atoms with Crippen LogP contribution in [0.3, 0.4) is 0 Å². The number of amides is 1. The van der Waals surface area contributed by atoms with Gasteiger partial charge in [0.05, 0.1) is 42.9 Å². The Morgan fingerprint density at radius 1 is 1.26 bits per heavy atom. The molecule has 1 aromatic carbocycles. The number of hydrogen-bond acceptors (Lipinski definition) is 6. The predicted molar refractivity (Wildman–Crippen MR) is 84.2 cm³/mol. The van der Waals surface area contributed by atoms with E-state index in [4.69, 9.17) is 10.00 Å². The summed E-state index contributed by atoms with van der Waals surface area (Å²) in [5.74, 6) is 0.322. The van der Waals surface area contributed by atoms with E-state index in [0.29, 0.717) is 36.0 Å². The van der Waals surface area contributed by atoms with Gasteiger partial charge in [-0.1, -0.05) is 6.07 Å². The fraction of sp³-hybridized carbons (Fsp3) is 0.250. The van der Waals surface area contributed by atoms with Crippen molar-refractivity contribution in [3.05, 3.63) is 47.8 Å². The molecule has 0 atom stereocenters. The maximum atomic E-state index is 12.2. The van der Waals surface area contributed by atoms with Crippen LogP contribution in [0.5, 0.6) is 0 Å². The van der Waals surface area contributed by atoms with Crippen LogP contribution in [0.2, 0.25) is 0 Å². The summed E-state index contributed by atoms with van der Waals surface area (Å²) in [4.78, 5) is 22.7. The lowest BCUT2D eigenvalue weighted by Crippen LogP contribution is -2.37. The van der Waals surface area contributed by atoms with Gasteiger partial charge < -0.3 is 15.0 Å². The normalized spacial score (nSPS) is 14.1. The van der Waals surface area contributed by atoms with Crippen LogP contribution in [0.1, 0.15) is 15.9 Å². The first-order valence-corrected chi connectivity index (χ1v) is 7.22. The Hall–Kier alpha value is -2.98. The third-order valence-corrected chi connectivity index (χ3v) is 3.44. The first-order valence-electron chi connectivity index (χ1n) is 7.22. The molecule has 0 radical (unpaired) electrons. The average Bonchev–Trinajstić information content (AvgIpc) is 2.63. The molecule has 0 unspecified atom stereocenters. The van der Waals surface area contributed by atoms with E-state index in [9.17, 15) is 4.79 Å². The summed E-state index contributed by atoms with van der Waals surface area (Å²) in [5, 5.41) is 11.6. The van der Waals surface area contributed by atoms with Crippen molar-refractivity contribution in [1.29, 1.82) is 5.26 Å². The number of nitrogens with zero attached hydrogens (tertiary/aromatic N) is 4. The second-order valence-electron chi connectivity index (χ2n) is 5.02. The van der Waals surface area contributed by atoms with Gasteiger partial charge in [0.25, 0.3) is 5.91 Å². The highest BCUT2D eigenvalue weighted by atomic mass is 16.5. The number of aromatic nitrogens is 2. The molecule has 1 aliphatic heterocycles. The van der Waals surface area contributed by atoms with Crippen LogP contribution in [-0.2, 0) is 4.74 Å². The summed E-state index contributed by atoms with van der Waals surface area (Å²) in [7, 11) is 0. The topological polar surface area (TPSA) is 91.1 Å². The smallest absolute Gasteiger partial charge is 0.255 e. The first-order chi connectivity index (χ1) is 11.3. The number of hydrogen-bond donors (Lipinski definition) is 1. The van der Waals surface area contributed by atoms with Crippen LogP contribution in [0.25, 0.3) is 0 Å². The van der Waals surface area contributed by atoms with Crippen molar-refractivity contribution in [2.75, 3.05) is 36.5 Å². The van der Waals surface area contributed by atoms with Gasteiger partial charge in [-0.15, -0.1) is 0 Å². The molecular weight excluding hydrogens is 294 g/mol. The number of morpholine rings is 1. The number of carbonyl (C=O) groups is 1. The van der Waals surface area contributed by atoms with Gasteiger partial charge in [0.2, 0.25) is 5.95 Å². The van der Waals surface area contributed by atoms with E-state index in [0.717, 1.165) is 13.1 Å². The Morgan fingerprint density at radius 3 is 2.70 bits per heavy atom. The average molecular weight is 309 g/mol. The number of carbonyl (C=O) groups excluding carboxylic acids is 1. The molecule has 1 saturated heterocycles. The molecule has 2 heterocycles. The minimum atomic E-state index is -0.301. The summed E-state index contributed by atoms with van der Waals surface area (Å²) < 4.78 is 5.29. The minimum absolute atomic E-state index is 0.301. The van der Waals surface area contributed by atoms with Crippen LogP contribution < -0.4 is 10.2 Å². The molecule has 0 saturated carbocycles. The molecule has 1 N–H and O–H groups in total. The maximum absolute atomic E-state index is 12.2. The van der Waals surface area contributed by atoms with Crippen molar-refractivity contribution in [2.45, 2.75) is 0 Å². The molecule has 1 aliphatic rings. The Balaban J connectivity index is 1.67. The van der Waals surface area contributed by atoms with Crippen molar-refractivity contribution in [1.82, 2.24) is 9.97 Å². The zero-order valence-corrected chi connectivity index (χ0v) is 12.4. The van der Waals surface area contributed by atoms with Crippen LogP contribution in [0.15, 0.2) is 36.7 Å². The first kappa shape index (κ1) is 14.9. The Morgan fingerprint density at radius 2 is 2.00 bits per heavy atom. The molecule has 2 aromatic rings. The minimum Gasteiger partial charge on any atom is -0.378 e. The second kappa shape index (κ2) is 6.85. The molecular formula is C16H15N5O2. The number of benzene rings is 1. The predicted octanol–water partition coefficient (Wildman–Crippen LogP) is 1.44. The van der Waals surface area contributed by atoms with Crippen molar-refractivity contribution < 1.29 is 9.53 Å². The van der Waals surface area contributed by atoms with Crippen LogP contribution in [0.4, 0.5) is 11.6 Å². The highest BCUT2D eigenvalue weighted by Gasteiger charge is 2.14. The van der Waals surface area contributed by atoms with E-state index in [-0.39, 0.29) is 5.91 Å². The highest BCUT2D eigenvalue weighted by molar-refractivity contribution is 6.04. The van der Waals surface area contributed by atoms with E-state index in [1.54, 1.807) is 30.6 Å². The van der Waals surface area contributed by atoms with Gasteiger partial charge in [-0.2, -0.15) is 5.26 Å². The van der Waals surface area contributed by atoms with Gasteiger partial charge in [0, 0.05) is 18.7 Å². The van der Waals surface area contributed by atoms with Crippen LogP contribution in [-0.4, -0.2) is 42.2 Å². The molecule has 0 aliphatic carbocycles. The Kier molecular flexibility index (Phi) is 4.45. The number of rotatable bonds is 3. The van der Waals surface area contributed by atoms with E-state index in [2.05, 4.69) is 15.3 Å². The van der Waals surface area contributed by atoms with Gasteiger partial charge in [-0.3, -0.25) is 4.79 Å². The summed E-state index contributed by atoms with van der Waals surface area (Å²) in [6, 6.07) is 8.52. The van der Waals surface area contributed by atoms with Gasteiger partial charge in [-0.05, 0) is 18.2 Å². The summed E-state index contributed by atoms with van der Waals surface area (Å²) in [6.07, 6.45) is 3.15. The number of nitrogens with one attached hydrogen (secondary N) is 1. The molecule has 1 amide bonds. The number of nitriles is 1. The van der Waals surface area contributed by atoms with Crippen LogP contribution in [0, 0.1) is 11.3 Å². The van der Waals surface area contributed by atoms with Crippen molar-refractivity contribution in [3.8, 4) is 6.07 Å². The van der Waals surface area contributed by atoms with Crippen molar-refractivity contribution in [3.63, 3.8) is 0 Å². The third kappa shape index (κ3) is 3.62. The quantitative estimate of drug-likeness (QED) is 0.922. The number of ether oxygens (including phenoxy) is 1. The molecule has 23 heavy (non-hydrogen) atoms. The lowest BCUT2D eigenvalue weighted by atomic mass is 10.1.